The lowest BCUT2D eigenvalue weighted by atomic mass is 10.1. The molecule has 0 atom stereocenters. The Labute approximate surface area is 138 Å². The van der Waals surface area contributed by atoms with Gasteiger partial charge in [0.05, 0.1) is 21.5 Å². The first-order valence-corrected chi connectivity index (χ1v) is 7.46. The molecule has 2 aromatic carbocycles. The molecule has 0 radical (unpaired) electrons. The third-order valence-corrected chi connectivity index (χ3v) is 3.75. The molecule has 6 nitrogen and oxygen atoms in total. The van der Waals surface area contributed by atoms with Crippen molar-refractivity contribution in [2.24, 2.45) is 0 Å². The first kappa shape index (κ1) is 15.4. The van der Waals surface area contributed by atoms with Crippen molar-refractivity contribution in [3.8, 4) is 6.07 Å². The Bertz CT molecular complexity index is 978. The Balaban J connectivity index is 2.09. The van der Waals surface area contributed by atoms with E-state index >= 15 is 0 Å². The predicted octanol–water partition coefficient (Wildman–Crippen LogP) is 4.03. The van der Waals surface area contributed by atoms with Crippen LogP contribution in [0.4, 0.5) is 5.69 Å². The number of allylic oxidation sites excluding steroid dienone is 1. The number of nitriles is 1. The normalized spacial score (nSPS) is 11.4. The van der Waals surface area contributed by atoms with Gasteiger partial charge >= 0.3 is 0 Å². The van der Waals surface area contributed by atoms with E-state index in [0.29, 0.717) is 23.5 Å². The summed E-state index contributed by atoms with van der Waals surface area (Å²) in [4.78, 5) is 14.8. The molecule has 1 heterocycles. The standard InChI is InChI=1S/C18H14N4O2/c1-2-21-17-6-4-3-5-16(17)20-18(21)14(12-19)11-13-7-9-15(10-8-13)22(23)24/h3-11H,2H2,1H3. The van der Waals surface area contributed by atoms with Crippen LogP contribution in [0.2, 0.25) is 0 Å². The quantitative estimate of drug-likeness (QED) is 0.413. The van der Waals surface area contributed by atoms with Crippen LogP contribution < -0.4 is 0 Å². The fraction of sp³-hybridized carbons (Fsp3) is 0.111. The number of aryl methyl sites for hydroxylation is 1. The first-order valence-electron chi connectivity index (χ1n) is 7.46. The van der Waals surface area contributed by atoms with Crippen molar-refractivity contribution in [3.63, 3.8) is 0 Å². The van der Waals surface area contributed by atoms with Gasteiger partial charge in [-0.15, -0.1) is 0 Å². The minimum atomic E-state index is -0.449. The van der Waals surface area contributed by atoms with Crippen LogP contribution in [0, 0.1) is 21.4 Å². The molecule has 0 unspecified atom stereocenters. The number of benzene rings is 2. The summed E-state index contributed by atoms with van der Waals surface area (Å²) in [6.45, 7) is 2.69. The minimum Gasteiger partial charge on any atom is -0.324 e. The van der Waals surface area contributed by atoms with Crippen LogP contribution in [0.3, 0.4) is 0 Å². The molecule has 0 amide bonds. The maximum atomic E-state index is 10.7. The zero-order valence-electron chi connectivity index (χ0n) is 13.0. The summed E-state index contributed by atoms with van der Waals surface area (Å²) in [7, 11) is 0. The van der Waals surface area contributed by atoms with E-state index in [1.54, 1.807) is 18.2 Å². The molecule has 0 N–H and O–H groups in total. The van der Waals surface area contributed by atoms with Gasteiger partial charge in [-0.2, -0.15) is 5.26 Å². The highest BCUT2D eigenvalue weighted by Crippen LogP contribution is 2.23. The fourth-order valence-corrected chi connectivity index (χ4v) is 2.61. The van der Waals surface area contributed by atoms with Gasteiger partial charge in [-0.05, 0) is 42.8 Å². The molecule has 0 fully saturated rings. The van der Waals surface area contributed by atoms with Gasteiger partial charge in [0, 0.05) is 18.7 Å². The number of aromatic nitrogens is 2. The number of rotatable bonds is 4. The van der Waals surface area contributed by atoms with Crippen LogP contribution in [0.25, 0.3) is 22.7 Å². The van der Waals surface area contributed by atoms with Gasteiger partial charge in [0.15, 0.2) is 5.82 Å². The van der Waals surface area contributed by atoms with E-state index in [4.69, 9.17) is 0 Å². The average molecular weight is 318 g/mol. The van der Waals surface area contributed by atoms with E-state index < -0.39 is 4.92 Å². The zero-order chi connectivity index (χ0) is 17.1. The second-order valence-electron chi connectivity index (χ2n) is 5.19. The third-order valence-electron chi connectivity index (χ3n) is 3.75. The lowest BCUT2D eigenvalue weighted by molar-refractivity contribution is -0.384. The summed E-state index contributed by atoms with van der Waals surface area (Å²) in [6.07, 6.45) is 1.69. The van der Waals surface area contributed by atoms with Crippen molar-refractivity contribution in [1.82, 2.24) is 9.55 Å². The van der Waals surface area contributed by atoms with E-state index in [9.17, 15) is 15.4 Å². The van der Waals surface area contributed by atoms with Crippen LogP contribution in [0.1, 0.15) is 18.3 Å². The SMILES string of the molecule is CCn1c(C(C#N)=Cc2ccc([N+](=O)[O-])cc2)nc2ccccc21. The summed E-state index contributed by atoms with van der Waals surface area (Å²) < 4.78 is 1.98. The van der Waals surface area contributed by atoms with Gasteiger partial charge < -0.3 is 4.57 Å². The Hall–Kier alpha value is -3.46. The topological polar surface area (TPSA) is 84.8 Å². The smallest absolute Gasteiger partial charge is 0.269 e. The van der Waals surface area contributed by atoms with E-state index in [1.807, 2.05) is 35.8 Å². The summed E-state index contributed by atoms with van der Waals surface area (Å²) in [5, 5.41) is 20.3. The lowest BCUT2D eigenvalue weighted by Gasteiger charge is -2.05. The van der Waals surface area contributed by atoms with Gasteiger partial charge in [-0.25, -0.2) is 4.98 Å². The Morgan fingerprint density at radius 2 is 2.00 bits per heavy atom. The monoisotopic (exact) mass is 318 g/mol. The molecular formula is C18H14N4O2. The van der Waals surface area contributed by atoms with Crippen molar-refractivity contribution in [2.45, 2.75) is 13.5 Å². The number of nitro benzene ring substituents is 1. The summed E-state index contributed by atoms with van der Waals surface area (Å²) in [5.41, 5.74) is 2.96. The molecule has 0 saturated heterocycles. The number of para-hydroxylation sites is 2. The van der Waals surface area contributed by atoms with Crippen LogP contribution in [-0.4, -0.2) is 14.5 Å². The Morgan fingerprint density at radius 1 is 1.29 bits per heavy atom. The van der Waals surface area contributed by atoms with Gasteiger partial charge in [0.25, 0.3) is 5.69 Å². The van der Waals surface area contributed by atoms with E-state index in [0.717, 1.165) is 11.0 Å². The van der Waals surface area contributed by atoms with Crippen molar-refractivity contribution >= 4 is 28.4 Å². The number of hydrogen-bond acceptors (Lipinski definition) is 4. The second-order valence-corrected chi connectivity index (χ2v) is 5.19. The lowest BCUT2D eigenvalue weighted by Crippen LogP contribution is -2.00. The molecule has 0 bridgehead atoms. The number of nitro groups is 1. The highest BCUT2D eigenvalue weighted by molar-refractivity contribution is 5.90. The largest absolute Gasteiger partial charge is 0.324 e. The summed E-state index contributed by atoms with van der Waals surface area (Å²) >= 11 is 0. The molecule has 3 aromatic rings. The van der Waals surface area contributed by atoms with Gasteiger partial charge in [-0.3, -0.25) is 10.1 Å². The Kier molecular flexibility index (Phi) is 4.08. The second kappa shape index (κ2) is 6.34. The maximum Gasteiger partial charge on any atom is 0.269 e. The fourth-order valence-electron chi connectivity index (χ4n) is 2.61. The summed E-state index contributed by atoms with van der Waals surface area (Å²) in [6, 6.07) is 16.0. The van der Waals surface area contributed by atoms with Crippen LogP contribution >= 0.6 is 0 Å². The molecule has 0 aliphatic rings. The number of hydrogen-bond donors (Lipinski definition) is 0. The van der Waals surface area contributed by atoms with Gasteiger partial charge in [-0.1, -0.05) is 12.1 Å². The van der Waals surface area contributed by atoms with Crippen LogP contribution in [-0.2, 0) is 6.54 Å². The average Bonchev–Trinajstić information content (AvgIpc) is 2.98. The first-order chi connectivity index (χ1) is 11.6. The van der Waals surface area contributed by atoms with Crippen molar-refractivity contribution in [1.29, 1.82) is 5.26 Å². The van der Waals surface area contributed by atoms with Crippen molar-refractivity contribution in [3.05, 3.63) is 70.0 Å². The molecule has 24 heavy (non-hydrogen) atoms. The van der Waals surface area contributed by atoms with Crippen LogP contribution in [0.5, 0.6) is 0 Å². The van der Waals surface area contributed by atoms with Crippen molar-refractivity contribution < 1.29 is 4.92 Å². The highest BCUT2D eigenvalue weighted by Gasteiger charge is 2.13. The number of non-ortho nitro benzene ring substituents is 1. The predicted molar refractivity (Wildman–Crippen MR) is 92.0 cm³/mol. The van der Waals surface area contributed by atoms with Crippen LogP contribution in [0.15, 0.2) is 48.5 Å². The molecule has 1 aromatic heterocycles. The van der Waals surface area contributed by atoms with E-state index in [2.05, 4.69) is 11.1 Å². The van der Waals surface area contributed by atoms with Gasteiger partial charge in [0.1, 0.15) is 6.07 Å². The molecule has 6 heteroatoms. The number of nitrogens with zero attached hydrogens (tertiary/aromatic N) is 4. The minimum absolute atomic E-state index is 0.0199. The highest BCUT2D eigenvalue weighted by atomic mass is 16.6. The van der Waals surface area contributed by atoms with Crippen molar-refractivity contribution in [2.75, 3.05) is 0 Å². The van der Waals surface area contributed by atoms with E-state index in [-0.39, 0.29) is 5.69 Å². The number of imidazole rings is 1. The molecule has 118 valence electrons. The molecule has 3 rings (SSSR count). The van der Waals surface area contributed by atoms with Gasteiger partial charge in [0.2, 0.25) is 0 Å². The zero-order valence-corrected chi connectivity index (χ0v) is 13.0. The maximum absolute atomic E-state index is 10.7. The third kappa shape index (κ3) is 2.75. The molecule has 0 aliphatic heterocycles. The molecule has 0 saturated carbocycles. The number of fused-ring (bicyclic) bond motifs is 1. The molecule has 0 spiro atoms. The van der Waals surface area contributed by atoms with E-state index in [1.165, 1.54) is 12.1 Å². The summed E-state index contributed by atoms with van der Waals surface area (Å²) in [5.74, 6) is 0.597. The molecular weight excluding hydrogens is 304 g/mol. The Morgan fingerprint density at radius 3 is 2.62 bits per heavy atom. The molecule has 0 aliphatic carbocycles.